The SMILES string of the molecule is FC(F)(F)c1ccc2c(NCCn3cccn3)ccnc2c1. The van der Waals surface area contributed by atoms with Gasteiger partial charge in [0.25, 0.3) is 0 Å². The fourth-order valence-electron chi connectivity index (χ4n) is 2.22. The predicted molar refractivity (Wildman–Crippen MR) is 77.5 cm³/mol. The molecule has 0 fully saturated rings. The van der Waals surface area contributed by atoms with Crippen LogP contribution >= 0.6 is 0 Å². The Morgan fingerprint density at radius 1 is 1.14 bits per heavy atom. The molecule has 2 heterocycles. The second-order valence-corrected chi connectivity index (χ2v) is 4.78. The van der Waals surface area contributed by atoms with Crippen molar-refractivity contribution in [1.82, 2.24) is 14.8 Å². The van der Waals surface area contributed by atoms with Crippen LogP contribution in [-0.4, -0.2) is 21.3 Å². The molecule has 0 unspecified atom stereocenters. The van der Waals surface area contributed by atoms with Crippen LogP contribution < -0.4 is 5.32 Å². The van der Waals surface area contributed by atoms with Crippen molar-refractivity contribution in [3.8, 4) is 0 Å². The lowest BCUT2D eigenvalue weighted by Gasteiger charge is -2.11. The number of anilines is 1. The molecule has 2 aromatic heterocycles. The summed E-state index contributed by atoms with van der Waals surface area (Å²) in [6.07, 6.45) is 0.681. The number of fused-ring (bicyclic) bond motifs is 1. The highest BCUT2D eigenvalue weighted by Gasteiger charge is 2.30. The van der Waals surface area contributed by atoms with Gasteiger partial charge in [0, 0.05) is 36.2 Å². The largest absolute Gasteiger partial charge is 0.416 e. The van der Waals surface area contributed by atoms with Crippen LogP contribution in [0, 0.1) is 0 Å². The monoisotopic (exact) mass is 306 g/mol. The standard InChI is InChI=1S/C15H13F3N4/c16-15(17,18)11-2-3-12-13(4-6-19-14(12)10-11)20-7-9-22-8-1-5-21-22/h1-6,8,10H,7,9H2,(H,19,20). The Hall–Kier alpha value is -2.57. The highest BCUT2D eigenvalue weighted by molar-refractivity contribution is 5.91. The van der Waals surface area contributed by atoms with Gasteiger partial charge in [-0.1, -0.05) is 6.07 Å². The van der Waals surface area contributed by atoms with Crippen LogP contribution in [0.5, 0.6) is 0 Å². The van der Waals surface area contributed by atoms with E-state index in [4.69, 9.17) is 0 Å². The first-order chi connectivity index (χ1) is 10.5. The third-order valence-corrected chi connectivity index (χ3v) is 3.29. The fourth-order valence-corrected chi connectivity index (χ4v) is 2.22. The van der Waals surface area contributed by atoms with Crippen LogP contribution in [0.4, 0.5) is 18.9 Å². The first-order valence-electron chi connectivity index (χ1n) is 6.71. The van der Waals surface area contributed by atoms with E-state index in [9.17, 15) is 13.2 Å². The molecule has 0 bridgehead atoms. The number of hydrogen-bond acceptors (Lipinski definition) is 3. The fraction of sp³-hybridized carbons (Fsp3) is 0.200. The number of benzene rings is 1. The molecule has 0 radical (unpaired) electrons. The molecule has 0 atom stereocenters. The highest BCUT2D eigenvalue weighted by Crippen LogP contribution is 2.32. The van der Waals surface area contributed by atoms with Crippen molar-refractivity contribution in [1.29, 1.82) is 0 Å². The molecule has 1 N–H and O–H groups in total. The summed E-state index contributed by atoms with van der Waals surface area (Å²) in [6, 6.07) is 7.16. The Morgan fingerprint density at radius 2 is 2.00 bits per heavy atom. The summed E-state index contributed by atoms with van der Waals surface area (Å²) in [5.74, 6) is 0. The van der Waals surface area contributed by atoms with Crippen LogP contribution in [0.3, 0.4) is 0 Å². The zero-order valence-corrected chi connectivity index (χ0v) is 11.5. The lowest BCUT2D eigenvalue weighted by molar-refractivity contribution is -0.137. The third kappa shape index (κ3) is 3.03. The second-order valence-electron chi connectivity index (χ2n) is 4.78. The maximum absolute atomic E-state index is 12.7. The van der Waals surface area contributed by atoms with E-state index in [-0.39, 0.29) is 0 Å². The number of nitrogens with one attached hydrogen (secondary N) is 1. The van der Waals surface area contributed by atoms with Gasteiger partial charge in [-0.3, -0.25) is 9.67 Å². The maximum Gasteiger partial charge on any atom is 0.416 e. The smallest absolute Gasteiger partial charge is 0.383 e. The molecule has 0 aliphatic heterocycles. The molecule has 22 heavy (non-hydrogen) atoms. The van der Waals surface area contributed by atoms with Crippen molar-refractivity contribution in [3.05, 3.63) is 54.5 Å². The zero-order chi connectivity index (χ0) is 15.6. The van der Waals surface area contributed by atoms with Crippen LogP contribution in [-0.2, 0) is 12.7 Å². The molecule has 3 aromatic rings. The molecule has 0 aliphatic carbocycles. The van der Waals surface area contributed by atoms with E-state index in [0.29, 0.717) is 24.0 Å². The van der Waals surface area contributed by atoms with E-state index in [1.54, 1.807) is 16.9 Å². The second kappa shape index (κ2) is 5.67. The zero-order valence-electron chi connectivity index (χ0n) is 11.5. The van der Waals surface area contributed by atoms with E-state index >= 15 is 0 Å². The van der Waals surface area contributed by atoms with Crippen molar-refractivity contribution in [2.45, 2.75) is 12.7 Å². The summed E-state index contributed by atoms with van der Waals surface area (Å²) in [5.41, 5.74) is 0.381. The third-order valence-electron chi connectivity index (χ3n) is 3.29. The van der Waals surface area contributed by atoms with Gasteiger partial charge in [-0.05, 0) is 24.3 Å². The molecular formula is C15H13F3N4. The Balaban J connectivity index is 1.81. The van der Waals surface area contributed by atoms with Gasteiger partial charge in [-0.15, -0.1) is 0 Å². The van der Waals surface area contributed by atoms with Crippen molar-refractivity contribution in [2.24, 2.45) is 0 Å². The number of rotatable bonds is 4. The molecule has 114 valence electrons. The molecule has 0 saturated carbocycles. The number of halogens is 3. The van der Waals surface area contributed by atoms with E-state index < -0.39 is 11.7 Å². The first kappa shape index (κ1) is 14.4. The summed E-state index contributed by atoms with van der Waals surface area (Å²) in [6.45, 7) is 1.28. The molecule has 0 saturated heterocycles. The number of pyridine rings is 1. The topological polar surface area (TPSA) is 42.7 Å². The van der Waals surface area contributed by atoms with Crippen LogP contribution in [0.2, 0.25) is 0 Å². The van der Waals surface area contributed by atoms with Gasteiger partial charge in [0.2, 0.25) is 0 Å². The molecule has 3 rings (SSSR count). The van der Waals surface area contributed by atoms with E-state index in [1.807, 2.05) is 12.3 Å². The molecule has 0 amide bonds. The summed E-state index contributed by atoms with van der Waals surface area (Å²) in [7, 11) is 0. The van der Waals surface area contributed by atoms with Gasteiger partial charge >= 0.3 is 6.18 Å². The minimum absolute atomic E-state index is 0.318. The lowest BCUT2D eigenvalue weighted by atomic mass is 10.1. The minimum atomic E-state index is -4.36. The molecule has 1 aromatic carbocycles. The molecule has 0 aliphatic rings. The summed E-state index contributed by atoms with van der Waals surface area (Å²) in [5, 5.41) is 7.95. The van der Waals surface area contributed by atoms with E-state index in [0.717, 1.165) is 17.8 Å². The Kier molecular flexibility index (Phi) is 3.70. The summed E-state index contributed by atoms with van der Waals surface area (Å²) in [4.78, 5) is 4.02. The van der Waals surface area contributed by atoms with Gasteiger partial charge in [-0.25, -0.2) is 0 Å². The van der Waals surface area contributed by atoms with Gasteiger partial charge < -0.3 is 5.32 Å². The lowest BCUT2D eigenvalue weighted by Crippen LogP contribution is -2.11. The highest BCUT2D eigenvalue weighted by atomic mass is 19.4. The van der Waals surface area contributed by atoms with Crippen molar-refractivity contribution < 1.29 is 13.2 Å². The number of aromatic nitrogens is 3. The van der Waals surface area contributed by atoms with Gasteiger partial charge in [0.1, 0.15) is 0 Å². The molecule has 7 heteroatoms. The number of hydrogen-bond donors (Lipinski definition) is 1. The normalized spacial score (nSPS) is 11.8. The predicted octanol–water partition coefficient (Wildman–Crippen LogP) is 3.56. The molecular weight excluding hydrogens is 293 g/mol. The average molecular weight is 306 g/mol. The van der Waals surface area contributed by atoms with Crippen molar-refractivity contribution in [2.75, 3.05) is 11.9 Å². The van der Waals surface area contributed by atoms with E-state index in [2.05, 4.69) is 15.4 Å². The van der Waals surface area contributed by atoms with Gasteiger partial charge in [0.15, 0.2) is 0 Å². The minimum Gasteiger partial charge on any atom is -0.383 e. The van der Waals surface area contributed by atoms with Gasteiger partial charge in [0.05, 0.1) is 17.6 Å². The Morgan fingerprint density at radius 3 is 2.73 bits per heavy atom. The number of alkyl halides is 3. The number of nitrogens with zero attached hydrogens (tertiary/aromatic N) is 3. The Labute approximate surface area is 124 Å². The first-order valence-corrected chi connectivity index (χ1v) is 6.71. The quantitative estimate of drug-likeness (QED) is 0.801. The van der Waals surface area contributed by atoms with Gasteiger partial charge in [-0.2, -0.15) is 18.3 Å². The summed E-state index contributed by atoms with van der Waals surface area (Å²) >= 11 is 0. The van der Waals surface area contributed by atoms with Crippen LogP contribution in [0.15, 0.2) is 48.9 Å². The van der Waals surface area contributed by atoms with Crippen LogP contribution in [0.25, 0.3) is 10.9 Å². The molecule has 4 nitrogen and oxygen atoms in total. The molecule has 0 spiro atoms. The van der Waals surface area contributed by atoms with Crippen molar-refractivity contribution >= 4 is 16.6 Å². The van der Waals surface area contributed by atoms with Crippen LogP contribution in [0.1, 0.15) is 5.56 Å². The van der Waals surface area contributed by atoms with E-state index in [1.165, 1.54) is 12.3 Å². The maximum atomic E-state index is 12.7. The summed E-state index contributed by atoms with van der Waals surface area (Å²) < 4.78 is 39.9. The average Bonchev–Trinajstić information content (AvgIpc) is 2.99. The Bertz CT molecular complexity index is 766. The van der Waals surface area contributed by atoms with Crippen molar-refractivity contribution in [3.63, 3.8) is 0 Å².